The van der Waals surface area contributed by atoms with Gasteiger partial charge in [0.05, 0.1) is 22.6 Å². The number of ketones is 1. The summed E-state index contributed by atoms with van der Waals surface area (Å²) in [6.07, 6.45) is 0. The molecule has 0 N–H and O–H groups in total. The number of sulfonamides is 1. The van der Waals surface area contributed by atoms with Crippen LogP contribution in [0.1, 0.15) is 15.9 Å². The SMILES string of the molecule is COC(=O)CN(c1ccccc1C(=O)c1cccc(Cl)c1)S(=O)(=O)c1ccc([N+](=O)[O-])cc1. The van der Waals surface area contributed by atoms with E-state index in [2.05, 4.69) is 4.74 Å². The molecule has 3 rings (SSSR count). The molecule has 0 aromatic heterocycles. The van der Waals surface area contributed by atoms with Crippen molar-refractivity contribution in [1.29, 1.82) is 0 Å². The number of hydrogen-bond acceptors (Lipinski definition) is 7. The van der Waals surface area contributed by atoms with Crippen molar-refractivity contribution >= 4 is 44.8 Å². The highest BCUT2D eigenvalue weighted by Crippen LogP contribution is 2.30. The van der Waals surface area contributed by atoms with E-state index in [9.17, 15) is 28.1 Å². The molecular formula is C22H17ClN2O7S. The number of nitro groups is 1. The number of ether oxygens (including phenoxy) is 1. The number of benzene rings is 3. The molecule has 0 fully saturated rings. The van der Waals surface area contributed by atoms with Crippen LogP contribution < -0.4 is 4.31 Å². The molecular weight excluding hydrogens is 472 g/mol. The molecule has 0 bridgehead atoms. The molecule has 0 radical (unpaired) electrons. The molecule has 0 aliphatic heterocycles. The number of rotatable bonds is 8. The lowest BCUT2D eigenvalue weighted by atomic mass is 10.0. The van der Waals surface area contributed by atoms with Crippen LogP contribution in [-0.4, -0.2) is 38.7 Å². The van der Waals surface area contributed by atoms with Gasteiger partial charge in [-0.1, -0.05) is 35.9 Å². The third kappa shape index (κ3) is 5.18. The fraction of sp³-hybridized carbons (Fsp3) is 0.0909. The van der Waals surface area contributed by atoms with Crippen molar-refractivity contribution in [2.75, 3.05) is 18.0 Å². The molecule has 0 saturated carbocycles. The van der Waals surface area contributed by atoms with E-state index in [0.29, 0.717) is 5.02 Å². The van der Waals surface area contributed by atoms with Crippen LogP contribution >= 0.6 is 11.6 Å². The van der Waals surface area contributed by atoms with E-state index in [4.69, 9.17) is 11.6 Å². The van der Waals surface area contributed by atoms with Gasteiger partial charge in [-0.2, -0.15) is 0 Å². The van der Waals surface area contributed by atoms with Gasteiger partial charge in [-0.3, -0.25) is 24.0 Å². The molecule has 0 spiro atoms. The molecule has 3 aromatic carbocycles. The number of carbonyl (C=O) groups excluding carboxylic acids is 2. The fourth-order valence-electron chi connectivity index (χ4n) is 3.02. The third-order valence-electron chi connectivity index (χ3n) is 4.64. The summed E-state index contributed by atoms with van der Waals surface area (Å²) in [4.78, 5) is 35.2. The van der Waals surface area contributed by atoms with E-state index in [1.165, 1.54) is 30.3 Å². The predicted molar refractivity (Wildman–Crippen MR) is 121 cm³/mol. The maximum atomic E-state index is 13.4. The number of nitro benzene ring substituents is 1. The van der Waals surface area contributed by atoms with Crippen molar-refractivity contribution in [1.82, 2.24) is 0 Å². The standard InChI is InChI=1S/C22H17ClN2O7S/c1-32-21(26)14-24(33(30,31)18-11-9-17(10-12-18)25(28)29)20-8-3-2-7-19(20)22(27)15-5-4-6-16(23)13-15/h2-13H,14H2,1H3. The van der Waals surface area contributed by atoms with Gasteiger partial charge in [0.2, 0.25) is 0 Å². The van der Waals surface area contributed by atoms with Crippen LogP contribution in [0.25, 0.3) is 0 Å². The lowest BCUT2D eigenvalue weighted by molar-refractivity contribution is -0.384. The van der Waals surface area contributed by atoms with Crippen molar-refractivity contribution in [3.8, 4) is 0 Å². The quantitative estimate of drug-likeness (QED) is 0.204. The fourth-order valence-corrected chi connectivity index (χ4v) is 4.64. The first-order chi connectivity index (χ1) is 15.6. The maximum absolute atomic E-state index is 13.4. The largest absolute Gasteiger partial charge is 0.468 e. The minimum Gasteiger partial charge on any atom is -0.468 e. The Labute approximate surface area is 194 Å². The molecule has 0 saturated heterocycles. The van der Waals surface area contributed by atoms with Crippen LogP contribution in [0, 0.1) is 10.1 Å². The van der Waals surface area contributed by atoms with Gasteiger partial charge in [0.15, 0.2) is 5.78 Å². The van der Waals surface area contributed by atoms with Crippen LogP contribution in [0.2, 0.25) is 5.02 Å². The number of nitrogens with zero attached hydrogens (tertiary/aromatic N) is 2. The second-order valence-electron chi connectivity index (χ2n) is 6.70. The van der Waals surface area contributed by atoms with Gasteiger partial charge < -0.3 is 4.74 Å². The zero-order valence-electron chi connectivity index (χ0n) is 17.2. The Bertz CT molecular complexity index is 1320. The normalized spacial score (nSPS) is 11.0. The number of anilines is 1. The topological polar surface area (TPSA) is 124 Å². The second kappa shape index (κ2) is 9.80. The summed E-state index contributed by atoms with van der Waals surface area (Å²) in [5, 5.41) is 11.2. The lowest BCUT2D eigenvalue weighted by Gasteiger charge is -2.25. The minimum absolute atomic E-state index is 0.00848. The first-order valence-corrected chi connectivity index (χ1v) is 11.2. The van der Waals surface area contributed by atoms with Gasteiger partial charge in [-0.15, -0.1) is 0 Å². The van der Waals surface area contributed by atoms with Crippen LogP contribution in [0.3, 0.4) is 0 Å². The molecule has 11 heteroatoms. The van der Waals surface area contributed by atoms with Crippen LogP contribution in [0.5, 0.6) is 0 Å². The van der Waals surface area contributed by atoms with E-state index in [1.54, 1.807) is 18.2 Å². The Morgan fingerprint density at radius 3 is 2.30 bits per heavy atom. The van der Waals surface area contributed by atoms with Gasteiger partial charge in [-0.05, 0) is 36.4 Å². The highest BCUT2D eigenvalue weighted by Gasteiger charge is 2.31. The van der Waals surface area contributed by atoms with Gasteiger partial charge >= 0.3 is 5.97 Å². The van der Waals surface area contributed by atoms with E-state index in [0.717, 1.165) is 35.7 Å². The first-order valence-electron chi connectivity index (χ1n) is 9.38. The molecule has 0 heterocycles. The Kier molecular flexibility index (Phi) is 7.10. The van der Waals surface area contributed by atoms with Crippen molar-refractivity contribution < 1.29 is 27.7 Å². The van der Waals surface area contributed by atoms with Crippen molar-refractivity contribution in [2.24, 2.45) is 0 Å². The number of methoxy groups -OCH3 is 1. The van der Waals surface area contributed by atoms with Crippen LogP contribution in [-0.2, 0) is 19.6 Å². The zero-order chi connectivity index (χ0) is 24.2. The molecule has 0 atom stereocenters. The summed E-state index contributed by atoms with van der Waals surface area (Å²) in [6.45, 7) is -0.727. The molecule has 0 amide bonds. The molecule has 170 valence electrons. The van der Waals surface area contributed by atoms with Gasteiger partial charge in [-0.25, -0.2) is 8.42 Å². The number of halogens is 1. The Balaban J connectivity index is 2.15. The van der Waals surface area contributed by atoms with E-state index < -0.39 is 33.2 Å². The highest BCUT2D eigenvalue weighted by atomic mass is 35.5. The maximum Gasteiger partial charge on any atom is 0.326 e. The molecule has 3 aromatic rings. The number of carbonyl (C=O) groups is 2. The second-order valence-corrected chi connectivity index (χ2v) is 8.99. The molecule has 9 nitrogen and oxygen atoms in total. The summed E-state index contributed by atoms with van der Waals surface area (Å²) >= 11 is 5.99. The summed E-state index contributed by atoms with van der Waals surface area (Å²) in [7, 11) is -3.32. The summed E-state index contributed by atoms with van der Waals surface area (Å²) < 4.78 is 32.3. The van der Waals surface area contributed by atoms with E-state index in [1.807, 2.05) is 0 Å². The first kappa shape index (κ1) is 23.9. The Morgan fingerprint density at radius 1 is 1.03 bits per heavy atom. The van der Waals surface area contributed by atoms with Crippen molar-refractivity contribution in [3.05, 3.63) is 99.1 Å². The van der Waals surface area contributed by atoms with Crippen LogP contribution in [0.15, 0.2) is 77.7 Å². The zero-order valence-corrected chi connectivity index (χ0v) is 18.7. The average molecular weight is 489 g/mol. The number of non-ortho nitro benzene ring substituents is 1. The lowest BCUT2D eigenvalue weighted by Crippen LogP contribution is -2.37. The monoisotopic (exact) mass is 488 g/mol. The minimum atomic E-state index is -4.42. The van der Waals surface area contributed by atoms with Gasteiger partial charge in [0.25, 0.3) is 15.7 Å². The van der Waals surface area contributed by atoms with Gasteiger partial charge in [0, 0.05) is 28.3 Å². The number of esters is 1. The van der Waals surface area contributed by atoms with E-state index in [-0.39, 0.29) is 27.4 Å². The summed E-state index contributed by atoms with van der Waals surface area (Å²) in [5.41, 5.74) is -0.133. The van der Waals surface area contributed by atoms with Crippen LogP contribution in [0.4, 0.5) is 11.4 Å². The Morgan fingerprint density at radius 2 is 1.70 bits per heavy atom. The molecule has 0 aliphatic carbocycles. The van der Waals surface area contributed by atoms with Gasteiger partial charge in [0.1, 0.15) is 6.54 Å². The molecule has 0 aliphatic rings. The smallest absolute Gasteiger partial charge is 0.326 e. The number of hydrogen-bond donors (Lipinski definition) is 0. The third-order valence-corrected chi connectivity index (χ3v) is 6.65. The molecule has 33 heavy (non-hydrogen) atoms. The summed E-state index contributed by atoms with van der Waals surface area (Å²) in [6, 6.07) is 16.2. The highest BCUT2D eigenvalue weighted by molar-refractivity contribution is 7.92. The number of para-hydroxylation sites is 1. The average Bonchev–Trinajstić information content (AvgIpc) is 2.81. The predicted octanol–water partition coefficient (Wildman–Crippen LogP) is 3.85. The van der Waals surface area contributed by atoms with E-state index >= 15 is 0 Å². The van der Waals surface area contributed by atoms with Crippen molar-refractivity contribution in [3.63, 3.8) is 0 Å². The Hall–Kier alpha value is -3.76. The summed E-state index contributed by atoms with van der Waals surface area (Å²) in [5.74, 6) is -1.38. The molecule has 0 unspecified atom stereocenters. The van der Waals surface area contributed by atoms with Crippen molar-refractivity contribution in [2.45, 2.75) is 4.90 Å².